The Morgan fingerprint density at radius 2 is 2.09 bits per heavy atom. The molecule has 0 fully saturated rings. The molecule has 2 aliphatic heterocycles. The van der Waals surface area contributed by atoms with E-state index in [1.807, 2.05) is 0 Å². The third-order valence-corrected chi connectivity index (χ3v) is 7.92. The average molecular weight is 461 g/mol. The molecule has 0 saturated heterocycles. The van der Waals surface area contributed by atoms with Crippen molar-refractivity contribution in [1.29, 1.82) is 0 Å². The number of fused-ring (bicyclic) bond motifs is 5. The highest BCUT2D eigenvalue weighted by molar-refractivity contribution is 5.94. The van der Waals surface area contributed by atoms with Crippen molar-refractivity contribution in [1.82, 2.24) is 9.55 Å². The molecule has 8 heteroatoms. The molecule has 0 bridgehead atoms. The number of aliphatic hydroxyl groups is 1. The van der Waals surface area contributed by atoms with E-state index in [9.17, 15) is 19.1 Å². The Bertz CT molecular complexity index is 1540. The lowest BCUT2D eigenvalue weighted by atomic mass is 9.74. The van der Waals surface area contributed by atoms with Gasteiger partial charge in [0.05, 0.1) is 34.6 Å². The van der Waals surface area contributed by atoms with Gasteiger partial charge in [-0.05, 0) is 48.9 Å². The van der Waals surface area contributed by atoms with Crippen LogP contribution in [0.5, 0.6) is 0 Å². The molecule has 0 unspecified atom stereocenters. The molecule has 6 rings (SSSR count). The number of benzene rings is 1. The minimum absolute atomic E-state index is 0.0568. The zero-order valence-corrected chi connectivity index (χ0v) is 19.0. The van der Waals surface area contributed by atoms with Gasteiger partial charge in [-0.25, -0.2) is 14.2 Å². The normalized spacial score (nSPS) is 24.4. The number of aromatic nitrogens is 2. The Labute approximate surface area is 194 Å². The number of nitrogens with two attached hydrogens (primary N) is 1. The number of aryl methyl sites for hydroxylation is 1. The van der Waals surface area contributed by atoms with E-state index in [4.69, 9.17) is 15.5 Å². The first-order valence-corrected chi connectivity index (χ1v) is 11.4. The number of carbonyl (C=O) groups excluding carboxylic acids is 1. The second-order valence-corrected chi connectivity index (χ2v) is 9.52. The first-order chi connectivity index (χ1) is 16.1. The van der Waals surface area contributed by atoms with E-state index in [1.165, 1.54) is 6.07 Å². The molecule has 3 aliphatic rings. The fourth-order valence-corrected chi connectivity index (χ4v) is 5.87. The second kappa shape index (κ2) is 6.61. The van der Waals surface area contributed by atoms with Gasteiger partial charge in [-0.3, -0.25) is 4.79 Å². The molecular weight excluding hydrogens is 437 g/mol. The fourth-order valence-electron chi connectivity index (χ4n) is 5.87. The van der Waals surface area contributed by atoms with Crippen LogP contribution in [-0.4, -0.2) is 20.6 Å². The van der Waals surface area contributed by atoms with Gasteiger partial charge in [-0.15, -0.1) is 6.58 Å². The van der Waals surface area contributed by atoms with Crippen molar-refractivity contribution in [2.75, 3.05) is 0 Å². The van der Waals surface area contributed by atoms with Gasteiger partial charge in [0.2, 0.25) is 0 Å². The van der Waals surface area contributed by atoms with Gasteiger partial charge in [0.25, 0.3) is 5.56 Å². The topological polar surface area (TPSA) is 107 Å². The predicted octanol–water partition coefficient (Wildman–Crippen LogP) is 2.81. The highest BCUT2D eigenvalue weighted by Gasteiger charge is 2.46. The highest BCUT2D eigenvalue weighted by Crippen LogP contribution is 2.47. The molecule has 1 aromatic carbocycles. The van der Waals surface area contributed by atoms with Gasteiger partial charge in [0, 0.05) is 22.6 Å². The summed E-state index contributed by atoms with van der Waals surface area (Å²) in [7, 11) is 0. The van der Waals surface area contributed by atoms with Crippen LogP contribution in [0.15, 0.2) is 29.6 Å². The van der Waals surface area contributed by atoms with Crippen LogP contribution in [0.4, 0.5) is 4.39 Å². The van der Waals surface area contributed by atoms with E-state index in [1.54, 1.807) is 30.6 Å². The molecule has 174 valence electrons. The van der Waals surface area contributed by atoms with E-state index in [0.717, 1.165) is 22.1 Å². The van der Waals surface area contributed by atoms with Gasteiger partial charge in [-0.2, -0.15) is 0 Å². The first-order valence-electron chi connectivity index (χ1n) is 11.4. The summed E-state index contributed by atoms with van der Waals surface area (Å²) in [6.45, 7) is 7.42. The van der Waals surface area contributed by atoms with E-state index in [0.29, 0.717) is 35.3 Å². The predicted molar refractivity (Wildman–Crippen MR) is 124 cm³/mol. The third kappa shape index (κ3) is 2.39. The van der Waals surface area contributed by atoms with Crippen LogP contribution in [0.25, 0.3) is 22.3 Å². The van der Waals surface area contributed by atoms with Crippen LogP contribution in [0.1, 0.15) is 53.1 Å². The number of pyridine rings is 2. The van der Waals surface area contributed by atoms with Crippen LogP contribution >= 0.6 is 0 Å². The summed E-state index contributed by atoms with van der Waals surface area (Å²) in [5.41, 5.74) is 8.70. The molecule has 1 aliphatic carbocycles. The summed E-state index contributed by atoms with van der Waals surface area (Å²) in [5.74, 6) is -1.12. The zero-order valence-electron chi connectivity index (χ0n) is 19.0. The second-order valence-electron chi connectivity index (χ2n) is 9.52. The summed E-state index contributed by atoms with van der Waals surface area (Å²) in [4.78, 5) is 30.7. The number of hydrogen-bond donors (Lipinski definition) is 2. The Morgan fingerprint density at radius 3 is 2.79 bits per heavy atom. The number of ether oxygens (including phenoxy) is 1. The van der Waals surface area contributed by atoms with Crippen molar-refractivity contribution in [3.8, 4) is 11.4 Å². The molecule has 3 N–H and O–H groups in total. The number of rotatable bonds is 2. The molecule has 4 heterocycles. The fraction of sp³-hybridized carbons (Fsp3) is 0.346. The minimum atomic E-state index is -1.91. The van der Waals surface area contributed by atoms with Crippen molar-refractivity contribution in [2.45, 2.75) is 57.4 Å². The Balaban J connectivity index is 1.73. The number of cyclic esters (lactones) is 1. The lowest BCUT2D eigenvalue weighted by molar-refractivity contribution is -0.172. The Kier molecular flexibility index (Phi) is 4.12. The SMILES string of the molecule is C=C[C@@]1(N)CCc2c(C)c(F)cc3nc4c(c1c23)Cn1c-4cc2c(c1=O)COC(=O)[C@]2(O)CC. The molecule has 0 saturated carbocycles. The molecule has 0 radical (unpaired) electrons. The maximum Gasteiger partial charge on any atom is 0.343 e. The number of carbonyl (C=O) groups is 1. The minimum Gasteiger partial charge on any atom is -0.458 e. The van der Waals surface area contributed by atoms with Crippen LogP contribution in [0, 0.1) is 12.7 Å². The lowest BCUT2D eigenvalue weighted by Crippen LogP contribution is -2.44. The Hall–Kier alpha value is -3.36. The number of nitrogens with zero attached hydrogens (tertiary/aromatic N) is 2. The lowest BCUT2D eigenvalue weighted by Gasteiger charge is -2.35. The van der Waals surface area contributed by atoms with Gasteiger partial charge in [0.15, 0.2) is 5.60 Å². The van der Waals surface area contributed by atoms with E-state index < -0.39 is 17.1 Å². The van der Waals surface area contributed by atoms with Crippen molar-refractivity contribution < 1.29 is 19.0 Å². The highest BCUT2D eigenvalue weighted by atomic mass is 19.1. The van der Waals surface area contributed by atoms with Crippen molar-refractivity contribution in [3.05, 3.63) is 74.3 Å². The van der Waals surface area contributed by atoms with Crippen LogP contribution in [-0.2, 0) is 40.2 Å². The van der Waals surface area contributed by atoms with E-state index in [2.05, 4.69) is 6.58 Å². The number of esters is 1. The van der Waals surface area contributed by atoms with Crippen LogP contribution in [0.2, 0.25) is 0 Å². The maximum atomic E-state index is 14.8. The van der Waals surface area contributed by atoms with Gasteiger partial charge in [0.1, 0.15) is 12.4 Å². The van der Waals surface area contributed by atoms with Crippen molar-refractivity contribution >= 4 is 16.9 Å². The van der Waals surface area contributed by atoms with E-state index in [-0.39, 0.29) is 42.1 Å². The third-order valence-electron chi connectivity index (χ3n) is 7.92. The number of hydrogen-bond acceptors (Lipinski definition) is 6. The summed E-state index contributed by atoms with van der Waals surface area (Å²) < 4.78 is 21.5. The first kappa shape index (κ1) is 21.2. The van der Waals surface area contributed by atoms with Crippen molar-refractivity contribution in [2.24, 2.45) is 5.73 Å². The van der Waals surface area contributed by atoms with Gasteiger partial charge < -0.3 is 20.1 Å². The molecule has 3 aromatic rings. The maximum absolute atomic E-state index is 14.8. The standard InChI is InChI=1S/C26H24FN3O4/c1-4-25(28)7-6-13-12(3)17(27)9-18-20(13)21(25)14-10-30-19(22(14)29-18)8-16-15(23(30)31)11-34-24(32)26(16,33)5-2/h4,8-9,33H,1,5-7,10-11,28H2,2-3H3/t25-,26+/m1/s1. The van der Waals surface area contributed by atoms with Crippen molar-refractivity contribution in [3.63, 3.8) is 0 Å². The molecule has 0 spiro atoms. The van der Waals surface area contributed by atoms with Crippen LogP contribution in [0.3, 0.4) is 0 Å². The molecule has 7 nitrogen and oxygen atoms in total. The summed E-state index contributed by atoms with van der Waals surface area (Å²) in [5, 5.41) is 11.9. The molecule has 0 amide bonds. The molecule has 34 heavy (non-hydrogen) atoms. The monoisotopic (exact) mass is 461 g/mol. The average Bonchev–Trinajstić information content (AvgIpc) is 3.19. The quantitative estimate of drug-likeness (QED) is 0.351. The largest absolute Gasteiger partial charge is 0.458 e. The molecule has 2 atom stereocenters. The summed E-state index contributed by atoms with van der Waals surface area (Å²) >= 11 is 0. The van der Waals surface area contributed by atoms with Gasteiger partial charge in [-0.1, -0.05) is 13.0 Å². The zero-order chi connectivity index (χ0) is 24.2. The number of halogens is 1. The Morgan fingerprint density at radius 1 is 1.32 bits per heavy atom. The molecule has 2 aromatic heterocycles. The smallest absolute Gasteiger partial charge is 0.343 e. The summed E-state index contributed by atoms with van der Waals surface area (Å²) in [6, 6.07) is 3.06. The summed E-state index contributed by atoms with van der Waals surface area (Å²) in [6.07, 6.45) is 2.92. The molecular formula is C26H24FN3O4. The van der Waals surface area contributed by atoms with Gasteiger partial charge >= 0.3 is 5.97 Å². The van der Waals surface area contributed by atoms with E-state index >= 15 is 0 Å². The van der Waals surface area contributed by atoms with Crippen LogP contribution < -0.4 is 11.3 Å².